The third-order valence-corrected chi connectivity index (χ3v) is 2.64. The molecule has 0 spiro atoms. The highest BCUT2D eigenvalue weighted by atomic mass is 32.2. The molecule has 0 radical (unpaired) electrons. The summed E-state index contributed by atoms with van der Waals surface area (Å²) >= 11 is 0. The molecule has 0 bridgehead atoms. The lowest BCUT2D eigenvalue weighted by atomic mass is 10.9. The van der Waals surface area contributed by atoms with Gasteiger partial charge in [0.1, 0.15) is 11.5 Å². The van der Waals surface area contributed by atoms with Crippen LogP contribution in [0.2, 0.25) is 0 Å². The predicted molar refractivity (Wildman–Crippen MR) is 37.2 cm³/mol. The van der Waals surface area contributed by atoms with Crippen LogP contribution in [-0.2, 0) is 10.9 Å². The molecule has 2 N–H and O–H groups in total. The van der Waals surface area contributed by atoms with E-state index in [2.05, 4.69) is 0 Å². The zero-order valence-electron chi connectivity index (χ0n) is 5.13. The normalized spacial score (nSPS) is 10.5. The summed E-state index contributed by atoms with van der Waals surface area (Å²) in [6.45, 7) is 0.499. The van der Waals surface area contributed by atoms with Crippen LogP contribution in [0.15, 0.2) is 0 Å². The summed E-state index contributed by atoms with van der Waals surface area (Å²) in [5.41, 5.74) is 0. The molecule has 0 aromatic rings. The first-order valence-electron chi connectivity index (χ1n) is 2.62. The summed E-state index contributed by atoms with van der Waals surface area (Å²) < 4.78 is 0. The Kier molecular flexibility index (Phi) is 5.59. The van der Waals surface area contributed by atoms with Crippen LogP contribution in [0.1, 0.15) is 0 Å². The first-order chi connectivity index (χ1) is 3.81. The molecule has 0 aromatic heterocycles. The molecule has 0 amide bonds. The Bertz CT molecular complexity index is 43.7. The highest BCUT2D eigenvalue weighted by Crippen LogP contribution is 1.87. The molecule has 0 saturated heterocycles. The van der Waals surface area contributed by atoms with Gasteiger partial charge < -0.3 is 10.2 Å². The highest BCUT2D eigenvalue weighted by Gasteiger charge is 2.06. The van der Waals surface area contributed by atoms with Gasteiger partial charge in [-0.25, -0.2) is 0 Å². The second-order valence-corrected chi connectivity index (χ2v) is 4.02. The van der Waals surface area contributed by atoms with Gasteiger partial charge >= 0.3 is 0 Å². The van der Waals surface area contributed by atoms with Crippen molar-refractivity contribution in [1.29, 1.82) is 0 Å². The minimum absolute atomic E-state index is 0.230. The van der Waals surface area contributed by atoms with Gasteiger partial charge in [-0.3, -0.25) is 0 Å². The number of hydrogen-bond donors (Lipinski definition) is 2. The molecule has 0 rings (SSSR count). The summed E-state index contributed by atoms with van der Waals surface area (Å²) in [7, 11) is 0.230. The largest absolute Gasteiger partial charge is 0.391 e. The molecule has 0 unspecified atom stereocenters. The van der Waals surface area contributed by atoms with Crippen LogP contribution in [0.5, 0.6) is 0 Å². The van der Waals surface area contributed by atoms with Crippen LogP contribution in [-0.4, -0.2) is 41.2 Å². The van der Waals surface area contributed by atoms with Gasteiger partial charge in [0.2, 0.25) is 0 Å². The summed E-state index contributed by atoms with van der Waals surface area (Å²) in [6, 6.07) is 0. The minimum Gasteiger partial charge on any atom is -0.391 e. The Morgan fingerprint density at radius 3 is 1.75 bits per heavy atom. The average Bonchev–Trinajstić information content (AvgIpc) is 1.68. The third-order valence-electron chi connectivity index (χ3n) is 0.879. The standard InChI is InChI=1S/C5H13O2S/c1-8(4-2-6)5-3-7/h6-7H,2-5H2,1H3/q+1. The fourth-order valence-corrected chi connectivity index (χ4v) is 1.24. The van der Waals surface area contributed by atoms with E-state index in [0.29, 0.717) is 0 Å². The van der Waals surface area contributed by atoms with Crippen molar-refractivity contribution in [3.8, 4) is 0 Å². The van der Waals surface area contributed by atoms with Crippen molar-refractivity contribution in [1.82, 2.24) is 0 Å². The van der Waals surface area contributed by atoms with Crippen molar-refractivity contribution in [3.63, 3.8) is 0 Å². The molecular formula is C5H13O2S+. The highest BCUT2D eigenvalue weighted by molar-refractivity contribution is 7.96. The molecule has 0 aliphatic carbocycles. The molecule has 0 atom stereocenters. The quantitative estimate of drug-likeness (QED) is 0.499. The number of hydrogen-bond acceptors (Lipinski definition) is 2. The van der Waals surface area contributed by atoms with Crippen molar-refractivity contribution < 1.29 is 10.2 Å². The van der Waals surface area contributed by atoms with Gasteiger partial charge in [-0.1, -0.05) is 0 Å². The Balaban J connectivity index is 2.92. The molecule has 0 saturated carbocycles. The van der Waals surface area contributed by atoms with Crippen LogP contribution in [0.3, 0.4) is 0 Å². The molecule has 0 aliphatic rings. The Labute approximate surface area is 52.9 Å². The zero-order chi connectivity index (χ0) is 6.41. The lowest BCUT2D eigenvalue weighted by Crippen LogP contribution is -2.14. The van der Waals surface area contributed by atoms with E-state index < -0.39 is 0 Å². The number of aliphatic hydroxyl groups is 2. The minimum atomic E-state index is 0.230. The predicted octanol–water partition coefficient (Wildman–Crippen LogP) is -0.781. The van der Waals surface area contributed by atoms with Crippen LogP contribution in [0, 0.1) is 0 Å². The maximum atomic E-state index is 8.39. The van der Waals surface area contributed by atoms with Crippen LogP contribution in [0.25, 0.3) is 0 Å². The summed E-state index contributed by atoms with van der Waals surface area (Å²) in [5.74, 6) is 1.67. The Hall–Kier alpha value is 0.270. The van der Waals surface area contributed by atoms with E-state index in [4.69, 9.17) is 10.2 Å². The van der Waals surface area contributed by atoms with Crippen molar-refractivity contribution >= 4 is 10.9 Å². The van der Waals surface area contributed by atoms with E-state index in [0.717, 1.165) is 11.5 Å². The first kappa shape index (κ1) is 8.27. The topological polar surface area (TPSA) is 40.5 Å². The molecule has 0 aliphatic heterocycles. The zero-order valence-corrected chi connectivity index (χ0v) is 5.95. The summed E-state index contributed by atoms with van der Waals surface area (Å²) in [6.07, 6.45) is 2.05. The van der Waals surface area contributed by atoms with Gasteiger partial charge in [-0.2, -0.15) is 0 Å². The van der Waals surface area contributed by atoms with E-state index in [-0.39, 0.29) is 24.1 Å². The van der Waals surface area contributed by atoms with E-state index in [1.165, 1.54) is 0 Å². The smallest absolute Gasteiger partial charge is 0.130 e. The maximum absolute atomic E-state index is 8.39. The van der Waals surface area contributed by atoms with Crippen LogP contribution >= 0.6 is 0 Å². The van der Waals surface area contributed by atoms with Gasteiger partial charge in [-0.05, 0) is 10.9 Å². The lowest BCUT2D eigenvalue weighted by molar-refractivity contribution is 0.317. The molecule has 0 aromatic carbocycles. The Morgan fingerprint density at radius 1 is 1.12 bits per heavy atom. The van der Waals surface area contributed by atoms with Gasteiger partial charge in [-0.15, -0.1) is 0 Å². The van der Waals surface area contributed by atoms with Crippen molar-refractivity contribution in [2.75, 3.05) is 31.0 Å². The second kappa shape index (κ2) is 5.41. The van der Waals surface area contributed by atoms with Crippen LogP contribution in [0.4, 0.5) is 0 Å². The number of aliphatic hydroxyl groups excluding tert-OH is 2. The van der Waals surface area contributed by atoms with E-state index in [1.807, 2.05) is 6.26 Å². The van der Waals surface area contributed by atoms with Gasteiger partial charge in [0.05, 0.1) is 19.5 Å². The van der Waals surface area contributed by atoms with Crippen molar-refractivity contribution in [3.05, 3.63) is 0 Å². The van der Waals surface area contributed by atoms with Gasteiger partial charge in [0.25, 0.3) is 0 Å². The van der Waals surface area contributed by atoms with Gasteiger partial charge in [0.15, 0.2) is 0 Å². The number of rotatable bonds is 4. The summed E-state index contributed by atoms with van der Waals surface area (Å²) in [5, 5.41) is 16.8. The molecule has 8 heavy (non-hydrogen) atoms. The SMILES string of the molecule is C[S+](CCO)CCO. The molecule has 50 valence electrons. The van der Waals surface area contributed by atoms with Crippen molar-refractivity contribution in [2.24, 2.45) is 0 Å². The molecule has 3 heteroatoms. The average molecular weight is 137 g/mol. The van der Waals surface area contributed by atoms with Gasteiger partial charge in [0, 0.05) is 0 Å². The molecular weight excluding hydrogens is 124 g/mol. The molecule has 0 fully saturated rings. The second-order valence-electron chi connectivity index (χ2n) is 1.64. The van der Waals surface area contributed by atoms with Crippen LogP contribution < -0.4 is 0 Å². The monoisotopic (exact) mass is 137 g/mol. The van der Waals surface area contributed by atoms with E-state index >= 15 is 0 Å². The third kappa shape index (κ3) is 4.43. The van der Waals surface area contributed by atoms with Crippen molar-refractivity contribution in [2.45, 2.75) is 0 Å². The molecule has 0 heterocycles. The fraction of sp³-hybridized carbons (Fsp3) is 1.00. The molecule has 2 nitrogen and oxygen atoms in total. The summed E-state index contributed by atoms with van der Waals surface area (Å²) in [4.78, 5) is 0. The fourth-order valence-electron chi connectivity index (χ4n) is 0.414. The first-order valence-corrected chi connectivity index (χ1v) is 4.59. The lowest BCUT2D eigenvalue weighted by Gasteiger charge is -1.95. The maximum Gasteiger partial charge on any atom is 0.130 e. The van der Waals surface area contributed by atoms with E-state index in [9.17, 15) is 0 Å². The van der Waals surface area contributed by atoms with E-state index in [1.54, 1.807) is 0 Å². The Morgan fingerprint density at radius 2 is 1.50 bits per heavy atom.